The van der Waals surface area contributed by atoms with Crippen molar-refractivity contribution in [3.63, 3.8) is 0 Å². The highest BCUT2D eigenvalue weighted by molar-refractivity contribution is 5.36. The van der Waals surface area contributed by atoms with Crippen LogP contribution in [0.3, 0.4) is 0 Å². The number of nitrogens with zero attached hydrogens (tertiary/aromatic N) is 3. The first-order valence-corrected chi connectivity index (χ1v) is 8.31. The van der Waals surface area contributed by atoms with Crippen molar-refractivity contribution in [1.82, 2.24) is 9.97 Å². The Hall–Kier alpha value is -1.16. The second-order valence-corrected chi connectivity index (χ2v) is 7.00. The van der Waals surface area contributed by atoms with Crippen molar-refractivity contribution >= 4 is 5.95 Å². The molecule has 3 rings (SSSR count). The minimum atomic E-state index is -0.155. The first-order chi connectivity index (χ1) is 10.0. The van der Waals surface area contributed by atoms with Crippen molar-refractivity contribution in [2.75, 3.05) is 11.4 Å². The highest BCUT2D eigenvalue weighted by Crippen LogP contribution is 2.38. The Morgan fingerprint density at radius 3 is 2.57 bits per heavy atom. The summed E-state index contributed by atoms with van der Waals surface area (Å²) in [7, 11) is 0. The van der Waals surface area contributed by atoms with Crippen molar-refractivity contribution in [2.45, 2.75) is 65.0 Å². The summed E-state index contributed by atoms with van der Waals surface area (Å²) in [6.07, 6.45) is 5.42. The molecule has 1 saturated carbocycles. The Morgan fingerprint density at radius 2 is 1.86 bits per heavy atom. The molecule has 0 unspecified atom stereocenters. The van der Waals surface area contributed by atoms with Gasteiger partial charge in [0.15, 0.2) is 0 Å². The lowest BCUT2D eigenvalue weighted by molar-refractivity contribution is 0.0389. The van der Waals surface area contributed by atoms with E-state index < -0.39 is 0 Å². The molecule has 0 bridgehead atoms. The van der Waals surface area contributed by atoms with Gasteiger partial charge in [0.25, 0.3) is 0 Å². The van der Waals surface area contributed by atoms with Gasteiger partial charge in [-0.05, 0) is 57.9 Å². The highest BCUT2D eigenvalue weighted by Gasteiger charge is 2.39. The molecule has 0 aromatic carbocycles. The number of aromatic nitrogens is 2. The molecule has 1 aromatic rings. The van der Waals surface area contributed by atoms with Crippen LogP contribution < -0.4 is 4.90 Å². The second kappa shape index (κ2) is 5.91. The second-order valence-electron chi connectivity index (χ2n) is 7.00. The van der Waals surface area contributed by atoms with E-state index in [0.29, 0.717) is 12.0 Å². The molecule has 21 heavy (non-hydrogen) atoms. The van der Waals surface area contributed by atoms with Crippen LogP contribution in [-0.4, -0.2) is 33.8 Å². The number of anilines is 1. The molecule has 2 aliphatic rings. The molecular formula is C17H27N3O. The van der Waals surface area contributed by atoms with Gasteiger partial charge in [0.2, 0.25) is 5.95 Å². The summed E-state index contributed by atoms with van der Waals surface area (Å²) in [4.78, 5) is 11.6. The van der Waals surface area contributed by atoms with E-state index in [1.165, 1.54) is 6.42 Å². The van der Waals surface area contributed by atoms with Crippen molar-refractivity contribution in [3.8, 4) is 0 Å². The molecule has 0 spiro atoms. The van der Waals surface area contributed by atoms with Crippen LogP contribution in [0.25, 0.3) is 0 Å². The quantitative estimate of drug-likeness (QED) is 0.909. The number of aliphatic hydroxyl groups excluding tert-OH is 1. The Balaban J connectivity index is 1.84. The van der Waals surface area contributed by atoms with Crippen LogP contribution in [0.5, 0.6) is 0 Å². The maximum absolute atomic E-state index is 10.5. The first kappa shape index (κ1) is 14.8. The van der Waals surface area contributed by atoms with Crippen molar-refractivity contribution in [2.24, 2.45) is 11.8 Å². The van der Waals surface area contributed by atoms with Gasteiger partial charge < -0.3 is 10.0 Å². The van der Waals surface area contributed by atoms with Crippen LogP contribution in [0.4, 0.5) is 5.95 Å². The molecule has 1 aliphatic carbocycles. The largest absolute Gasteiger partial charge is 0.393 e. The molecule has 2 heterocycles. The van der Waals surface area contributed by atoms with Crippen molar-refractivity contribution in [1.29, 1.82) is 0 Å². The fourth-order valence-corrected chi connectivity index (χ4v) is 4.14. The summed E-state index contributed by atoms with van der Waals surface area (Å²) in [6, 6.07) is 2.43. The zero-order valence-electron chi connectivity index (χ0n) is 13.4. The minimum Gasteiger partial charge on any atom is -0.393 e. The van der Waals surface area contributed by atoms with Crippen LogP contribution in [0, 0.1) is 25.7 Å². The molecule has 4 atom stereocenters. The Kier molecular flexibility index (Phi) is 4.16. The van der Waals surface area contributed by atoms with E-state index in [4.69, 9.17) is 0 Å². The van der Waals surface area contributed by atoms with E-state index in [1.807, 2.05) is 19.9 Å². The predicted octanol–water partition coefficient (Wildman–Crippen LogP) is 2.86. The SMILES string of the molecule is Cc1cc(C)nc(N2CCC[C@@H]2[C@@H]2C[C@@H](C)CC[C@@H]2O)n1. The zero-order valence-corrected chi connectivity index (χ0v) is 13.4. The monoisotopic (exact) mass is 289 g/mol. The first-order valence-electron chi connectivity index (χ1n) is 8.31. The normalized spacial score (nSPS) is 33.4. The Labute approximate surface area is 127 Å². The third kappa shape index (κ3) is 3.05. The van der Waals surface area contributed by atoms with Crippen LogP contribution in [0.2, 0.25) is 0 Å². The van der Waals surface area contributed by atoms with E-state index >= 15 is 0 Å². The smallest absolute Gasteiger partial charge is 0.226 e. The summed E-state index contributed by atoms with van der Waals surface area (Å²) in [6.45, 7) is 7.39. The molecule has 116 valence electrons. The molecule has 1 aromatic heterocycles. The number of hydrogen-bond donors (Lipinski definition) is 1. The topological polar surface area (TPSA) is 49.2 Å². The van der Waals surface area contributed by atoms with Crippen LogP contribution in [0.15, 0.2) is 6.07 Å². The average Bonchev–Trinajstić information content (AvgIpc) is 2.89. The van der Waals surface area contributed by atoms with Gasteiger partial charge in [-0.25, -0.2) is 9.97 Å². The molecule has 1 saturated heterocycles. The number of aliphatic hydroxyl groups is 1. The lowest BCUT2D eigenvalue weighted by Gasteiger charge is -2.39. The third-order valence-electron chi connectivity index (χ3n) is 5.14. The summed E-state index contributed by atoms with van der Waals surface area (Å²) in [5, 5.41) is 10.5. The van der Waals surface area contributed by atoms with Gasteiger partial charge in [0, 0.05) is 29.9 Å². The van der Waals surface area contributed by atoms with Gasteiger partial charge in [0.05, 0.1) is 6.10 Å². The van der Waals surface area contributed by atoms with Crippen LogP contribution >= 0.6 is 0 Å². The van der Waals surface area contributed by atoms with Crippen LogP contribution in [0.1, 0.15) is 50.4 Å². The Morgan fingerprint density at radius 1 is 1.14 bits per heavy atom. The van der Waals surface area contributed by atoms with Gasteiger partial charge >= 0.3 is 0 Å². The van der Waals surface area contributed by atoms with E-state index in [0.717, 1.165) is 55.5 Å². The molecule has 0 radical (unpaired) electrons. The molecule has 2 fully saturated rings. The van der Waals surface area contributed by atoms with Crippen molar-refractivity contribution < 1.29 is 5.11 Å². The standard InChI is InChI=1S/C17H27N3O/c1-11-6-7-16(21)14(9-11)15-5-4-8-20(15)17-18-12(2)10-13(3)19-17/h10-11,14-16,21H,4-9H2,1-3H3/t11-,14-,15+,16-/m0/s1. The van der Waals surface area contributed by atoms with Gasteiger partial charge in [-0.15, -0.1) is 0 Å². The average molecular weight is 289 g/mol. The number of rotatable bonds is 2. The van der Waals surface area contributed by atoms with Crippen LogP contribution in [-0.2, 0) is 0 Å². The van der Waals surface area contributed by atoms with Gasteiger partial charge in [-0.2, -0.15) is 0 Å². The van der Waals surface area contributed by atoms with E-state index in [2.05, 4.69) is 21.8 Å². The van der Waals surface area contributed by atoms with E-state index in [9.17, 15) is 5.11 Å². The molecular weight excluding hydrogens is 262 g/mol. The molecule has 1 N–H and O–H groups in total. The summed E-state index contributed by atoms with van der Waals surface area (Å²) in [5.41, 5.74) is 2.06. The number of aryl methyl sites for hydroxylation is 2. The molecule has 0 amide bonds. The third-order valence-corrected chi connectivity index (χ3v) is 5.14. The maximum Gasteiger partial charge on any atom is 0.226 e. The fourth-order valence-electron chi connectivity index (χ4n) is 4.14. The predicted molar refractivity (Wildman–Crippen MR) is 84.4 cm³/mol. The van der Waals surface area contributed by atoms with E-state index in [1.54, 1.807) is 0 Å². The lowest BCUT2D eigenvalue weighted by atomic mass is 9.76. The van der Waals surface area contributed by atoms with E-state index in [-0.39, 0.29) is 6.10 Å². The van der Waals surface area contributed by atoms with Gasteiger partial charge in [0.1, 0.15) is 0 Å². The number of hydrogen-bond acceptors (Lipinski definition) is 4. The van der Waals surface area contributed by atoms with Gasteiger partial charge in [-0.1, -0.05) is 6.92 Å². The van der Waals surface area contributed by atoms with Gasteiger partial charge in [-0.3, -0.25) is 0 Å². The zero-order chi connectivity index (χ0) is 15.0. The summed E-state index contributed by atoms with van der Waals surface area (Å²) < 4.78 is 0. The summed E-state index contributed by atoms with van der Waals surface area (Å²) >= 11 is 0. The Bertz CT molecular complexity index is 485. The van der Waals surface area contributed by atoms with Crippen molar-refractivity contribution in [3.05, 3.63) is 17.5 Å². The molecule has 4 nitrogen and oxygen atoms in total. The summed E-state index contributed by atoms with van der Waals surface area (Å²) in [5.74, 6) is 1.96. The molecule has 4 heteroatoms. The highest BCUT2D eigenvalue weighted by atomic mass is 16.3. The molecule has 1 aliphatic heterocycles. The fraction of sp³-hybridized carbons (Fsp3) is 0.765. The maximum atomic E-state index is 10.5. The minimum absolute atomic E-state index is 0.155. The lowest BCUT2D eigenvalue weighted by Crippen LogP contribution is -2.44.